The van der Waals surface area contributed by atoms with Crippen molar-refractivity contribution in [3.63, 3.8) is 0 Å². The van der Waals surface area contributed by atoms with Crippen LogP contribution in [0.15, 0.2) is 12.1 Å². The van der Waals surface area contributed by atoms with Crippen LogP contribution in [-0.4, -0.2) is 81.6 Å². The Morgan fingerprint density at radius 2 is 2.00 bits per heavy atom. The number of halogens is 3. The Bertz CT molecular complexity index is 1140. The van der Waals surface area contributed by atoms with Crippen LogP contribution in [0.3, 0.4) is 0 Å². The third kappa shape index (κ3) is 3.77. The number of pyridine rings is 1. The Hall–Kier alpha value is -2.89. The molecule has 34 heavy (non-hydrogen) atoms. The number of fused-ring (bicyclic) bond motifs is 2. The second-order valence-corrected chi connectivity index (χ2v) is 10.1. The Balaban J connectivity index is 1.00. The third-order valence-corrected chi connectivity index (χ3v) is 7.53. The molecule has 12 heteroatoms. The summed E-state index contributed by atoms with van der Waals surface area (Å²) in [5.74, 6) is -0.772. The van der Waals surface area contributed by atoms with E-state index in [2.05, 4.69) is 20.3 Å². The van der Waals surface area contributed by atoms with Gasteiger partial charge in [0.2, 0.25) is 11.7 Å². The molecule has 2 aromatic heterocycles. The molecule has 2 atom stereocenters. The van der Waals surface area contributed by atoms with Crippen molar-refractivity contribution >= 4 is 23.1 Å². The number of rotatable bonds is 2. The van der Waals surface area contributed by atoms with Crippen LogP contribution >= 0.6 is 0 Å². The van der Waals surface area contributed by atoms with Crippen molar-refractivity contribution in [3.05, 3.63) is 23.7 Å². The van der Waals surface area contributed by atoms with Gasteiger partial charge in [0, 0.05) is 37.3 Å². The summed E-state index contributed by atoms with van der Waals surface area (Å²) in [5.41, 5.74) is 1.24. The van der Waals surface area contributed by atoms with Gasteiger partial charge in [0.1, 0.15) is 6.61 Å². The minimum absolute atomic E-state index is 0.0125. The number of ether oxygens (including phenoxy) is 1. The van der Waals surface area contributed by atoms with E-state index >= 15 is 0 Å². The van der Waals surface area contributed by atoms with E-state index in [9.17, 15) is 22.8 Å². The molecular weight excluding hydrogens is 453 g/mol. The van der Waals surface area contributed by atoms with Gasteiger partial charge in [-0.25, -0.2) is 14.8 Å². The predicted molar refractivity (Wildman–Crippen MR) is 113 cm³/mol. The van der Waals surface area contributed by atoms with Gasteiger partial charge in [0.05, 0.1) is 17.7 Å². The van der Waals surface area contributed by atoms with Gasteiger partial charge in [-0.3, -0.25) is 4.79 Å². The molecule has 0 aromatic carbocycles. The molecule has 1 spiro atoms. The Kier molecular flexibility index (Phi) is 4.81. The fourth-order valence-electron chi connectivity index (χ4n) is 6.02. The summed E-state index contributed by atoms with van der Waals surface area (Å²) in [7, 11) is 0. The van der Waals surface area contributed by atoms with Gasteiger partial charge in [0.15, 0.2) is 5.65 Å². The third-order valence-electron chi connectivity index (χ3n) is 7.53. The highest BCUT2D eigenvalue weighted by molar-refractivity contribution is 5.79. The smallest absolute Gasteiger partial charge is 0.366 e. The lowest BCUT2D eigenvalue weighted by atomic mass is 9.57. The number of imidazole rings is 1. The highest BCUT2D eigenvalue weighted by atomic mass is 19.4. The molecule has 0 unspecified atom stereocenters. The molecule has 0 radical (unpaired) electrons. The Labute approximate surface area is 193 Å². The van der Waals surface area contributed by atoms with Gasteiger partial charge < -0.3 is 24.8 Å². The molecular formula is C22H25F3N6O3. The maximum atomic E-state index is 12.9. The van der Waals surface area contributed by atoms with Crippen LogP contribution < -0.4 is 5.32 Å². The number of alkyl halides is 3. The largest absolute Gasteiger partial charge is 0.449 e. The zero-order valence-electron chi connectivity index (χ0n) is 18.4. The van der Waals surface area contributed by atoms with Gasteiger partial charge in [0.25, 0.3) is 0 Å². The van der Waals surface area contributed by atoms with Crippen LogP contribution in [0.4, 0.5) is 18.0 Å². The first-order valence-corrected chi connectivity index (χ1v) is 11.6. The van der Waals surface area contributed by atoms with E-state index in [0.29, 0.717) is 25.4 Å². The molecule has 2 aromatic rings. The van der Waals surface area contributed by atoms with E-state index in [4.69, 9.17) is 4.74 Å². The summed E-state index contributed by atoms with van der Waals surface area (Å²) in [5, 5.41) is 2.92. The number of aromatic nitrogens is 3. The lowest BCUT2D eigenvalue weighted by molar-refractivity contribution is -0.144. The number of H-pyrrole nitrogens is 1. The van der Waals surface area contributed by atoms with E-state index in [-0.39, 0.29) is 47.3 Å². The first-order chi connectivity index (χ1) is 16.2. The Morgan fingerprint density at radius 1 is 1.21 bits per heavy atom. The van der Waals surface area contributed by atoms with Gasteiger partial charge in [-0.2, -0.15) is 13.2 Å². The molecule has 1 aliphatic carbocycles. The lowest BCUT2D eigenvalue weighted by Gasteiger charge is -2.60. The number of likely N-dealkylation sites (tertiary alicyclic amines) is 2. The summed E-state index contributed by atoms with van der Waals surface area (Å²) in [6, 6.07) is 3.22. The van der Waals surface area contributed by atoms with Crippen LogP contribution in [-0.2, 0) is 22.1 Å². The average Bonchev–Trinajstić information content (AvgIpc) is 3.17. The van der Waals surface area contributed by atoms with Gasteiger partial charge >= 0.3 is 12.2 Å². The maximum Gasteiger partial charge on any atom is 0.449 e. The number of carbonyl (C=O) groups is 2. The van der Waals surface area contributed by atoms with Crippen molar-refractivity contribution in [1.29, 1.82) is 0 Å². The average molecular weight is 478 g/mol. The summed E-state index contributed by atoms with van der Waals surface area (Å²) in [4.78, 5) is 38.4. The van der Waals surface area contributed by atoms with E-state index in [1.165, 1.54) is 0 Å². The number of hydrogen-bond acceptors (Lipinski definition) is 5. The van der Waals surface area contributed by atoms with Gasteiger partial charge in [-0.05, 0) is 43.7 Å². The minimum Gasteiger partial charge on any atom is -0.366 e. The number of nitrogens with zero attached hydrogens (tertiary/aromatic N) is 4. The number of piperidine rings is 1. The molecule has 1 saturated carbocycles. The van der Waals surface area contributed by atoms with E-state index in [1.807, 2.05) is 4.90 Å². The zero-order chi connectivity index (χ0) is 23.7. The van der Waals surface area contributed by atoms with Crippen molar-refractivity contribution in [2.45, 2.75) is 44.0 Å². The number of urea groups is 1. The normalized spacial score (nSPS) is 26.7. The first kappa shape index (κ1) is 21.6. The Morgan fingerprint density at radius 3 is 2.76 bits per heavy atom. The van der Waals surface area contributed by atoms with Crippen LogP contribution in [0, 0.1) is 11.3 Å². The van der Waals surface area contributed by atoms with E-state index in [1.54, 1.807) is 17.0 Å². The number of morpholine rings is 1. The second-order valence-electron chi connectivity index (χ2n) is 10.1. The quantitative estimate of drug-likeness (QED) is 0.687. The lowest BCUT2D eigenvalue weighted by Crippen LogP contribution is -2.68. The molecule has 3 amide bonds. The molecule has 3 aliphatic heterocycles. The zero-order valence-corrected chi connectivity index (χ0v) is 18.4. The van der Waals surface area contributed by atoms with Gasteiger partial charge in [-0.15, -0.1) is 0 Å². The maximum absolute atomic E-state index is 12.9. The van der Waals surface area contributed by atoms with Crippen LogP contribution in [0.25, 0.3) is 11.2 Å². The van der Waals surface area contributed by atoms with Crippen molar-refractivity contribution in [2.75, 3.05) is 32.8 Å². The minimum atomic E-state index is -4.53. The van der Waals surface area contributed by atoms with E-state index < -0.39 is 12.0 Å². The summed E-state index contributed by atoms with van der Waals surface area (Å²) in [6.45, 7) is 2.62. The molecule has 182 valence electrons. The molecule has 6 rings (SSSR count). The second kappa shape index (κ2) is 7.56. The van der Waals surface area contributed by atoms with Crippen molar-refractivity contribution < 1.29 is 27.5 Å². The fourth-order valence-corrected chi connectivity index (χ4v) is 6.02. The highest BCUT2D eigenvalue weighted by Gasteiger charge is 2.54. The van der Waals surface area contributed by atoms with Gasteiger partial charge in [-0.1, -0.05) is 0 Å². The topological polar surface area (TPSA) is 103 Å². The number of aromatic amines is 1. The van der Waals surface area contributed by atoms with E-state index in [0.717, 1.165) is 38.0 Å². The molecule has 0 bridgehead atoms. The summed E-state index contributed by atoms with van der Waals surface area (Å²) >= 11 is 0. The number of carbonyl (C=O) groups excluding carboxylic acids is 2. The summed E-state index contributed by atoms with van der Waals surface area (Å²) < 4.78 is 44.1. The predicted octanol–water partition coefficient (Wildman–Crippen LogP) is 1.94. The highest BCUT2D eigenvalue weighted by Crippen LogP contribution is 2.53. The SMILES string of the molecule is O=C1CO[C@H]2CCN(C(=O)N3CC4(CC(Cc5ccc6[nH]c(C(F)(F)F)nc6n5)C4)C3)C[C@H]2N1. The summed E-state index contributed by atoms with van der Waals surface area (Å²) in [6.07, 6.45) is -1.20. The number of nitrogens with one attached hydrogen (secondary N) is 2. The number of amides is 3. The monoisotopic (exact) mass is 478 g/mol. The van der Waals surface area contributed by atoms with Crippen molar-refractivity contribution in [1.82, 2.24) is 30.1 Å². The van der Waals surface area contributed by atoms with Crippen LogP contribution in [0.5, 0.6) is 0 Å². The molecule has 4 fully saturated rings. The molecule has 4 aliphatic rings. The van der Waals surface area contributed by atoms with Crippen molar-refractivity contribution in [2.24, 2.45) is 11.3 Å². The number of hydrogen-bond donors (Lipinski definition) is 2. The first-order valence-electron chi connectivity index (χ1n) is 11.6. The molecule has 5 heterocycles. The molecule has 9 nitrogen and oxygen atoms in total. The van der Waals surface area contributed by atoms with Crippen LogP contribution in [0.2, 0.25) is 0 Å². The molecule has 3 saturated heterocycles. The van der Waals surface area contributed by atoms with Crippen molar-refractivity contribution in [3.8, 4) is 0 Å². The van der Waals surface area contributed by atoms with Crippen LogP contribution in [0.1, 0.15) is 30.8 Å². The standard InChI is InChI=1S/C22H25F3N6O3/c23-22(24,25)19-28-14-2-1-13(26-18(14)29-19)5-12-6-21(7-12)10-31(11-21)20(33)30-4-3-16-15(8-30)27-17(32)9-34-16/h1-2,12,15-16H,3-11H2,(H,27,32)(H,26,28,29)/t15-,16+/m1/s1. The fraction of sp³-hybridized carbons (Fsp3) is 0.636. The molecule has 2 N–H and O–H groups in total.